The van der Waals surface area contributed by atoms with Gasteiger partial charge in [0.2, 0.25) is 5.91 Å². The van der Waals surface area contributed by atoms with E-state index >= 15 is 0 Å². The number of ether oxygens (including phenoxy) is 1. The zero-order valence-electron chi connectivity index (χ0n) is 13.3. The van der Waals surface area contributed by atoms with Crippen LogP contribution in [-0.2, 0) is 11.3 Å². The average molecular weight is 334 g/mol. The molecular formula is C17H20ClN3O2. The average Bonchev–Trinajstić information content (AvgIpc) is 3.00. The number of anilines is 1. The predicted molar refractivity (Wildman–Crippen MR) is 91.1 cm³/mol. The third kappa shape index (κ3) is 3.35. The van der Waals surface area contributed by atoms with Gasteiger partial charge in [-0.1, -0.05) is 11.6 Å². The molecule has 0 aliphatic carbocycles. The van der Waals surface area contributed by atoms with Crippen molar-refractivity contribution in [3.8, 4) is 5.75 Å². The Morgan fingerprint density at radius 3 is 3.00 bits per heavy atom. The van der Waals surface area contributed by atoms with Gasteiger partial charge in [-0.15, -0.1) is 0 Å². The molecule has 1 atom stereocenters. The Hall–Kier alpha value is -1.98. The van der Waals surface area contributed by atoms with Crippen molar-refractivity contribution in [2.24, 2.45) is 0 Å². The van der Waals surface area contributed by atoms with Crippen molar-refractivity contribution < 1.29 is 9.53 Å². The van der Waals surface area contributed by atoms with Crippen LogP contribution in [0.15, 0.2) is 36.5 Å². The lowest BCUT2D eigenvalue weighted by Crippen LogP contribution is -2.41. The lowest BCUT2D eigenvalue weighted by atomic mass is 10.1. The number of hydrogen-bond donors (Lipinski definition) is 1. The molecule has 122 valence electrons. The number of aromatic nitrogens is 1. The Morgan fingerprint density at radius 2 is 2.22 bits per heavy atom. The van der Waals surface area contributed by atoms with E-state index in [0.717, 1.165) is 13.1 Å². The minimum Gasteiger partial charge on any atom is -0.495 e. The minimum atomic E-state index is -0.0718. The number of halogens is 1. The van der Waals surface area contributed by atoms with Gasteiger partial charge in [0.1, 0.15) is 5.75 Å². The molecule has 0 fully saturated rings. The van der Waals surface area contributed by atoms with Crippen LogP contribution < -0.4 is 10.1 Å². The van der Waals surface area contributed by atoms with Crippen LogP contribution in [0.3, 0.4) is 0 Å². The van der Waals surface area contributed by atoms with Crippen molar-refractivity contribution >= 4 is 23.2 Å². The van der Waals surface area contributed by atoms with Gasteiger partial charge in [-0.05, 0) is 37.3 Å². The summed E-state index contributed by atoms with van der Waals surface area (Å²) in [6.07, 6.45) is 2.08. The fourth-order valence-electron chi connectivity index (χ4n) is 3.00. The molecule has 1 amide bonds. The van der Waals surface area contributed by atoms with Crippen LogP contribution in [0.5, 0.6) is 5.75 Å². The minimum absolute atomic E-state index is 0.0718. The number of methoxy groups -OCH3 is 1. The molecule has 0 saturated carbocycles. The molecule has 2 heterocycles. The maximum Gasteiger partial charge on any atom is 0.238 e. The highest BCUT2D eigenvalue weighted by Gasteiger charge is 2.25. The number of nitrogens with one attached hydrogen (secondary N) is 1. The summed E-state index contributed by atoms with van der Waals surface area (Å²) in [7, 11) is 1.57. The van der Waals surface area contributed by atoms with Gasteiger partial charge in [-0.2, -0.15) is 0 Å². The van der Waals surface area contributed by atoms with Crippen molar-refractivity contribution in [1.82, 2.24) is 9.47 Å². The number of carbonyl (C=O) groups excluding carboxylic acids is 1. The van der Waals surface area contributed by atoms with Crippen LogP contribution in [0.4, 0.5) is 5.69 Å². The Labute approximate surface area is 140 Å². The van der Waals surface area contributed by atoms with E-state index in [0.29, 0.717) is 23.0 Å². The van der Waals surface area contributed by atoms with E-state index in [1.54, 1.807) is 25.3 Å². The summed E-state index contributed by atoms with van der Waals surface area (Å²) in [6, 6.07) is 9.54. The molecule has 1 aromatic carbocycles. The molecule has 3 rings (SSSR count). The van der Waals surface area contributed by atoms with E-state index < -0.39 is 0 Å². The van der Waals surface area contributed by atoms with E-state index in [-0.39, 0.29) is 11.9 Å². The van der Waals surface area contributed by atoms with Crippen molar-refractivity contribution in [1.29, 1.82) is 0 Å². The number of carbonyl (C=O) groups is 1. The Balaban J connectivity index is 1.68. The first-order chi connectivity index (χ1) is 11.1. The first kappa shape index (κ1) is 15.9. The molecule has 1 N–H and O–H groups in total. The summed E-state index contributed by atoms with van der Waals surface area (Å²) in [6.45, 7) is 4.21. The third-order valence-electron chi connectivity index (χ3n) is 4.25. The zero-order valence-corrected chi connectivity index (χ0v) is 14.0. The standard InChI is InChI=1S/C17H20ClN3O2/c1-12-15-4-3-7-20(15)8-9-21(12)11-17(22)19-14-10-13(18)5-6-16(14)23-2/h3-7,10,12H,8-9,11H2,1-2H3,(H,19,22). The monoisotopic (exact) mass is 333 g/mol. The molecule has 23 heavy (non-hydrogen) atoms. The molecule has 6 heteroatoms. The highest BCUT2D eigenvalue weighted by atomic mass is 35.5. The Morgan fingerprint density at radius 1 is 1.39 bits per heavy atom. The molecular weight excluding hydrogens is 314 g/mol. The number of benzene rings is 1. The molecule has 0 radical (unpaired) electrons. The molecule has 1 aromatic heterocycles. The molecule has 1 aliphatic rings. The zero-order chi connectivity index (χ0) is 16.4. The van der Waals surface area contributed by atoms with Gasteiger partial charge in [0.05, 0.1) is 19.3 Å². The normalized spacial score (nSPS) is 17.6. The van der Waals surface area contributed by atoms with Crippen molar-refractivity contribution in [3.05, 3.63) is 47.2 Å². The van der Waals surface area contributed by atoms with Crippen LogP contribution in [0.2, 0.25) is 5.02 Å². The highest BCUT2D eigenvalue weighted by Crippen LogP contribution is 2.28. The Kier molecular flexibility index (Phi) is 4.59. The second-order valence-corrected chi connectivity index (χ2v) is 6.10. The molecule has 0 bridgehead atoms. The summed E-state index contributed by atoms with van der Waals surface area (Å²) in [5, 5.41) is 3.45. The van der Waals surface area contributed by atoms with Crippen LogP contribution in [-0.4, -0.2) is 35.6 Å². The SMILES string of the molecule is COc1ccc(Cl)cc1NC(=O)CN1CCn2cccc2C1C. The molecule has 0 spiro atoms. The van der Waals surface area contributed by atoms with Gasteiger partial charge >= 0.3 is 0 Å². The summed E-state index contributed by atoms with van der Waals surface area (Å²) >= 11 is 6.00. The number of amides is 1. The van der Waals surface area contributed by atoms with Gasteiger partial charge in [-0.3, -0.25) is 9.69 Å². The van der Waals surface area contributed by atoms with Gasteiger partial charge in [0.25, 0.3) is 0 Å². The van der Waals surface area contributed by atoms with Crippen molar-refractivity contribution in [2.45, 2.75) is 19.5 Å². The smallest absolute Gasteiger partial charge is 0.238 e. The number of hydrogen-bond acceptors (Lipinski definition) is 3. The van der Waals surface area contributed by atoms with E-state index in [1.807, 2.05) is 6.07 Å². The summed E-state index contributed by atoms with van der Waals surface area (Å²) in [5.41, 5.74) is 1.84. The largest absolute Gasteiger partial charge is 0.495 e. The van der Waals surface area contributed by atoms with Crippen molar-refractivity contribution in [2.75, 3.05) is 25.5 Å². The fraction of sp³-hybridized carbons (Fsp3) is 0.353. The Bertz CT molecular complexity index is 714. The first-order valence-electron chi connectivity index (χ1n) is 7.61. The molecule has 2 aromatic rings. The third-order valence-corrected chi connectivity index (χ3v) is 4.49. The van der Waals surface area contributed by atoms with Crippen LogP contribution in [0, 0.1) is 0 Å². The maximum atomic E-state index is 12.4. The number of nitrogens with zero attached hydrogens (tertiary/aromatic N) is 2. The van der Waals surface area contributed by atoms with Gasteiger partial charge in [-0.25, -0.2) is 0 Å². The molecule has 5 nitrogen and oxygen atoms in total. The maximum absolute atomic E-state index is 12.4. The predicted octanol–water partition coefficient (Wildman–Crippen LogP) is 3.17. The van der Waals surface area contributed by atoms with Crippen molar-refractivity contribution in [3.63, 3.8) is 0 Å². The quantitative estimate of drug-likeness (QED) is 0.934. The fourth-order valence-corrected chi connectivity index (χ4v) is 3.17. The highest BCUT2D eigenvalue weighted by molar-refractivity contribution is 6.31. The van der Waals surface area contributed by atoms with E-state index in [1.165, 1.54) is 5.69 Å². The summed E-state index contributed by atoms with van der Waals surface area (Å²) in [5.74, 6) is 0.528. The van der Waals surface area contributed by atoms with Gasteiger partial charge < -0.3 is 14.6 Å². The number of fused-ring (bicyclic) bond motifs is 1. The second kappa shape index (κ2) is 6.64. The number of rotatable bonds is 4. The summed E-state index contributed by atoms with van der Waals surface area (Å²) < 4.78 is 7.49. The van der Waals surface area contributed by atoms with Gasteiger partial charge in [0, 0.05) is 36.0 Å². The summed E-state index contributed by atoms with van der Waals surface area (Å²) in [4.78, 5) is 14.6. The van der Waals surface area contributed by atoms with E-state index in [2.05, 4.69) is 34.0 Å². The molecule has 1 aliphatic heterocycles. The van der Waals surface area contributed by atoms with Crippen LogP contribution >= 0.6 is 11.6 Å². The van der Waals surface area contributed by atoms with E-state index in [9.17, 15) is 4.79 Å². The van der Waals surface area contributed by atoms with Crippen LogP contribution in [0.1, 0.15) is 18.7 Å². The molecule has 0 saturated heterocycles. The van der Waals surface area contributed by atoms with E-state index in [4.69, 9.17) is 16.3 Å². The van der Waals surface area contributed by atoms with Gasteiger partial charge in [0.15, 0.2) is 0 Å². The lowest BCUT2D eigenvalue weighted by molar-refractivity contribution is -0.118. The second-order valence-electron chi connectivity index (χ2n) is 5.67. The molecule has 1 unspecified atom stereocenters. The topological polar surface area (TPSA) is 46.5 Å². The van der Waals surface area contributed by atoms with Crippen LogP contribution in [0.25, 0.3) is 0 Å². The lowest BCUT2D eigenvalue weighted by Gasteiger charge is -2.34. The first-order valence-corrected chi connectivity index (χ1v) is 7.99.